The van der Waals surface area contributed by atoms with Crippen LogP contribution in [0, 0.1) is 0 Å². The Morgan fingerprint density at radius 3 is 1.96 bits per heavy atom. The fourth-order valence-electron chi connectivity index (χ4n) is 2.23. The van der Waals surface area contributed by atoms with E-state index in [-0.39, 0.29) is 37.8 Å². The summed E-state index contributed by atoms with van der Waals surface area (Å²) >= 11 is 0. The van der Waals surface area contributed by atoms with Gasteiger partial charge in [-0.2, -0.15) is 0 Å². The van der Waals surface area contributed by atoms with E-state index in [4.69, 9.17) is 14.7 Å². The van der Waals surface area contributed by atoms with Crippen molar-refractivity contribution >= 4 is 19.6 Å². The zero-order chi connectivity index (χ0) is 20.7. The van der Waals surface area contributed by atoms with Crippen LogP contribution in [0.4, 0.5) is 0 Å². The number of nitrogens with zero attached hydrogens (tertiary/aromatic N) is 1. The highest BCUT2D eigenvalue weighted by Crippen LogP contribution is 2.43. The van der Waals surface area contributed by atoms with Crippen LogP contribution in [0.25, 0.3) is 0 Å². The summed E-state index contributed by atoms with van der Waals surface area (Å²) in [4.78, 5) is 35.3. The summed E-state index contributed by atoms with van der Waals surface area (Å²) in [5.41, 5.74) is 0. The van der Waals surface area contributed by atoms with Crippen LogP contribution in [0.3, 0.4) is 0 Å². The smallest absolute Gasteiger partial charge is 0.394 e. The second-order valence-corrected chi connectivity index (χ2v) is 7.74. The van der Waals surface area contributed by atoms with E-state index in [1.54, 1.807) is 0 Å². The van der Waals surface area contributed by atoms with Gasteiger partial charge in [0, 0.05) is 12.8 Å². The van der Waals surface area contributed by atoms with Crippen LogP contribution < -0.4 is 0 Å². The Kier molecular flexibility index (Phi) is 14.7. The van der Waals surface area contributed by atoms with Gasteiger partial charge in [0.05, 0.1) is 26.4 Å². The lowest BCUT2D eigenvalue weighted by Gasteiger charge is -2.22. The van der Waals surface area contributed by atoms with Crippen molar-refractivity contribution in [3.05, 3.63) is 0 Å². The Morgan fingerprint density at radius 2 is 1.52 bits per heavy atom. The second kappa shape index (κ2) is 15.1. The van der Waals surface area contributed by atoms with Crippen LogP contribution in [0.15, 0.2) is 0 Å². The molecule has 160 valence electrons. The quantitative estimate of drug-likeness (QED) is 0.259. The third-order valence-electron chi connectivity index (χ3n) is 3.80. The van der Waals surface area contributed by atoms with Crippen LogP contribution in [0.1, 0.15) is 65.2 Å². The van der Waals surface area contributed by atoms with Gasteiger partial charge in [-0.3, -0.25) is 23.5 Å². The molecule has 0 radical (unpaired) electrons. The van der Waals surface area contributed by atoms with Gasteiger partial charge in [-0.05, 0) is 12.8 Å². The van der Waals surface area contributed by atoms with Crippen molar-refractivity contribution in [2.45, 2.75) is 71.3 Å². The van der Waals surface area contributed by atoms with Crippen LogP contribution in [-0.4, -0.2) is 64.3 Å². The van der Waals surface area contributed by atoms with Crippen LogP contribution in [0.5, 0.6) is 0 Å². The molecule has 0 spiro atoms. The van der Waals surface area contributed by atoms with E-state index in [1.807, 2.05) is 13.8 Å². The minimum atomic E-state index is -4.45. The average Bonchev–Trinajstić information content (AvgIpc) is 2.63. The fourth-order valence-corrected chi connectivity index (χ4v) is 2.98. The van der Waals surface area contributed by atoms with Gasteiger partial charge in [-0.15, -0.1) is 0 Å². The molecule has 0 aliphatic rings. The van der Waals surface area contributed by atoms with Gasteiger partial charge < -0.3 is 15.1 Å². The molecule has 0 aromatic heterocycles. The molecule has 27 heavy (non-hydrogen) atoms. The number of rotatable bonds is 16. The molecule has 1 unspecified atom stereocenters. The monoisotopic (exact) mass is 411 g/mol. The lowest BCUT2D eigenvalue weighted by molar-refractivity contribution is -0.145. The molecule has 0 aliphatic heterocycles. The molecule has 0 heterocycles. The Hall–Kier alpha value is -0.830. The first kappa shape index (κ1) is 26.2. The molecule has 2 amide bonds. The fraction of sp³-hybridized carbons (Fsp3) is 0.882. The van der Waals surface area contributed by atoms with Crippen molar-refractivity contribution < 1.29 is 38.3 Å². The molecule has 0 fully saturated rings. The van der Waals surface area contributed by atoms with E-state index in [0.717, 1.165) is 30.6 Å². The molecule has 0 bridgehead atoms. The Labute approximate surface area is 161 Å². The highest BCUT2D eigenvalue weighted by Gasteiger charge is 2.25. The highest BCUT2D eigenvalue weighted by atomic mass is 31.2. The van der Waals surface area contributed by atoms with Gasteiger partial charge in [0.2, 0.25) is 11.8 Å². The second-order valence-electron chi connectivity index (χ2n) is 6.29. The molecule has 0 rings (SSSR count). The molecular formula is C17H34NO8P. The highest BCUT2D eigenvalue weighted by molar-refractivity contribution is 7.47. The molecule has 0 aromatic carbocycles. The summed E-state index contributed by atoms with van der Waals surface area (Å²) in [6.45, 7) is 2.33. The van der Waals surface area contributed by atoms with E-state index in [9.17, 15) is 19.0 Å². The molecule has 2 atom stereocenters. The Bertz CT molecular complexity index is 452. The van der Waals surface area contributed by atoms with Crippen molar-refractivity contribution in [3.63, 3.8) is 0 Å². The normalized spacial score (nSPS) is 14.6. The number of aliphatic hydroxyl groups is 2. The molecule has 0 saturated carbocycles. The first-order chi connectivity index (χ1) is 12.8. The predicted octanol–water partition coefficient (Wildman–Crippen LogP) is 1.99. The number of phosphoric acid groups is 1. The summed E-state index contributed by atoms with van der Waals surface area (Å²) in [7, 11) is -4.45. The maximum atomic E-state index is 12.3. The van der Waals surface area contributed by atoms with Crippen molar-refractivity contribution in [1.29, 1.82) is 0 Å². The first-order valence-electron chi connectivity index (χ1n) is 9.51. The lowest BCUT2D eigenvalue weighted by atomic mass is 10.1. The third-order valence-corrected chi connectivity index (χ3v) is 4.78. The summed E-state index contributed by atoms with van der Waals surface area (Å²) in [5, 5.41) is 17.8. The standard InChI is InChI=1S/C17H34NO8P/c1-3-5-7-9-16(21)18(17(22)10-8-6-4-2)11-12-25-27(23,24)26-14-15(20)13-19/h15,19-20H,3-14H2,1-2H3,(H,23,24)/t15-/m1/s1. The molecule has 9 nitrogen and oxygen atoms in total. The number of amides is 2. The van der Waals surface area contributed by atoms with Gasteiger partial charge >= 0.3 is 7.82 Å². The summed E-state index contributed by atoms with van der Waals surface area (Å²) in [6, 6.07) is 0. The molecule has 0 aliphatic carbocycles. The van der Waals surface area contributed by atoms with Crippen molar-refractivity contribution in [2.24, 2.45) is 0 Å². The van der Waals surface area contributed by atoms with Gasteiger partial charge in [0.25, 0.3) is 0 Å². The van der Waals surface area contributed by atoms with E-state index >= 15 is 0 Å². The van der Waals surface area contributed by atoms with E-state index in [2.05, 4.69) is 4.52 Å². The van der Waals surface area contributed by atoms with Gasteiger partial charge in [-0.25, -0.2) is 4.57 Å². The molecule has 0 aromatic rings. The number of aliphatic hydroxyl groups excluding tert-OH is 2. The van der Waals surface area contributed by atoms with E-state index in [0.29, 0.717) is 12.8 Å². The Balaban J connectivity index is 4.61. The Morgan fingerprint density at radius 1 is 1.00 bits per heavy atom. The average molecular weight is 411 g/mol. The number of hydrogen-bond donors (Lipinski definition) is 3. The number of hydrogen-bond acceptors (Lipinski definition) is 7. The maximum absolute atomic E-state index is 12.3. The molecule has 0 saturated heterocycles. The number of unbranched alkanes of at least 4 members (excludes halogenated alkanes) is 4. The van der Waals surface area contributed by atoms with Gasteiger partial charge in [0.15, 0.2) is 0 Å². The summed E-state index contributed by atoms with van der Waals surface area (Å²) in [5.74, 6) is -0.643. The number of phosphoric ester groups is 1. The number of imide groups is 1. The summed E-state index contributed by atoms with van der Waals surface area (Å²) in [6.07, 6.45) is 4.19. The molecular weight excluding hydrogens is 377 g/mol. The lowest BCUT2D eigenvalue weighted by Crippen LogP contribution is -2.39. The van der Waals surface area contributed by atoms with Crippen LogP contribution in [-0.2, 0) is 23.2 Å². The third kappa shape index (κ3) is 13.1. The zero-order valence-electron chi connectivity index (χ0n) is 16.3. The largest absolute Gasteiger partial charge is 0.472 e. The van der Waals surface area contributed by atoms with Crippen molar-refractivity contribution in [2.75, 3.05) is 26.4 Å². The van der Waals surface area contributed by atoms with Gasteiger partial charge in [-0.1, -0.05) is 39.5 Å². The van der Waals surface area contributed by atoms with Gasteiger partial charge in [0.1, 0.15) is 6.10 Å². The minimum absolute atomic E-state index is 0.146. The van der Waals surface area contributed by atoms with Crippen molar-refractivity contribution in [1.82, 2.24) is 4.90 Å². The van der Waals surface area contributed by atoms with Crippen LogP contribution >= 0.6 is 7.82 Å². The number of carbonyl (C=O) groups is 2. The number of carbonyl (C=O) groups excluding carboxylic acids is 2. The van der Waals surface area contributed by atoms with Crippen molar-refractivity contribution in [3.8, 4) is 0 Å². The predicted molar refractivity (Wildman–Crippen MR) is 99.8 cm³/mol. The maximum Gasteiger partial charge on any atom is 0.472 e. The van der Waals surface area contributed by atoms with E-state index in [1.165, 1.54) is 0 Å². The SMILES string of the molecule is CCCCCC(=O)N(CCOP(=O)(O)OC[C@H](O)CO)C(=O)CCCCC. The first-order valence-corrected chi connectivity index (χ1v) is 11.0. The molecule has 3 N–H and O–H groups in total. The van der Waals surface area contributed by atoms with Crippen LogP contribution in [0.2, 0.25) is 0 Å². The van der Waals surface area contributed by atoms with E-state index < -0.39 is 27.1 Å². The summed E-state index contributed by atoms with van der Waals surface area (Å²) < 4.78 is 21.0. The molecule has 10 heteroatoms. The zero-order valence-corrected chi connectivity index (χ0v) is 17.2. The minimum Gasteiger partial charge on any atom is -0.394 e. The topological polar surface area (TPSA) is 134 Å².